The van der Waals surface area contributed by atoms with E-state index in [1.807, 2.05) is 149 Å². The van der Waals surface area contributed by atoms with Gasteiger partial charge in [0.25, 0.3) is 0 Å². The molecule has 0 radical (unpaired) electrons. The van der Waals surface area contributed by atoms with E-state index in [1.165, 1.54) is 161 Å². The van der Waals surface area contributed by atoms with Crippen molar-refractivity contribution in [1.29, 1.82) is 0 Å². The molecule has 0 fully saturated rings. The summed E-state index contributed by atoms with van der Waals surface area (Å²) in [6.07, 6.45) is 22.4. The van der Waals surface area contributed by atoms with E-state index in [1.54, 1.807) is 12.4 Å². The van der Waals surface area contributed by atoms with Gasteiger partial charge >= 0.3 is 362 Å². The molecule has 0 bridgehead atoms. The fraction of sp³-hybridized carbons (Fsp3) is 0.385. The van der Waals surface area contributed by atoms with Crippen LogP contribution < -0.4 is 15.0 Å². The van der Waals surface area contributed by atoms with Crippen LogP contribution in [-0.2, 0) is 111 Å². The molecule has 140 heavy (non-hydrogen) atoms. The predicted molar refractivity (Wildman–Crippen MR) is 601 cm³/mol. The number of aromatic hydroxyl groups is 2. The first kappa shape index (κ1) is 115. The van der Waals surface area contributed by atoms with Crippen molar-refractivity contribution in [2.24, 2.45) is 26.7 Å². The molecule has 3 N–H and O–H groups in total. The quantitative estimate of drug-likeness (QED) is 0.125. The second kappa shape index (κ2) is 54.0. The topological polar surface area (TPSA) is 140 Å². The number of fused-ring (bicyclic) bond motifs is 7. The summed E-state index contributed by atoms with van der Waals surface area (Å²) in [7, 11) is 0. The number of rotatable bonds is 10. The zero-order chi connectivity index (χ0) is 102. The van der Waals surface area contributed by atoms with Crippen molar-refractivity contribution in [3.05, 3.63) is 352 Å². The number of benzene rings is 10. The maximum absolute atomic E-state index is 11.5. The normalized spacial score (nSPS) is 13.4. The fourth-order valence-corrected chi connectivity index (χ4v) is 28.2. The minimum atomic E-state index is -1.05. The summed E-state index contributed by atoms with van der Waals surface area (Å²) >= 11 is 24.4. The predicted octanol–water partition coefficient (Wildman–Crippen LogP) is 36.5. The molecule has 0 unspecified atom stereocenters. The van der Waals surface area contributed by atoms with Crippen LogP contribution in [0.5, 0.6) is 11.5 Å². The van der Waals surface area contributed by atoms with E-state index in [9.17, 15) is 15.3 Å². The van der Waals surface area contributed by atoms with Gasteiger partial charge in [-0.25, -0.2) is 0 Å². The molecule has 5 aliphatic rings. The molecule has 3 aromatic heterocycles. The maximum Gasteiger partial charge on any atom is 0.141 e. The molecule has 18 rings (SSSR count). The summed E-state index contributed by atoms with van der Waals surface area (Å²) in [4.78, 5) is 11.9. The number of aryl methyl sites for hydroxylation is 8. The second-order valence-corrected chi connectivity index (χ2v) is 52.5. The average molecular weight is 2690 g/mol. The van der Waals surface area contributed by atoms with Crippen molar-refractivity contribution in [3.8, 4) is 44.9 Å². The van der Waals surface area contributed by atoms with Crippen LogP contribution in [0.25, 0.3) is 33.4 Å². The third-order valence-electron chi connectivity index (χ3n) is 25.0. The van der Waals surface area contributed by atoms with Gasteiger partial charge in [0.15, 0.2) is 0 Å². The SMILES string of the molecule is CC(C)(C)[CH]=[W]=[N]c1c(Cl)cccc1Cl.CC(C)c1cccc(C(C)C)c1[N]=[W]=[CH]C(C)(C)C.CC(C)c1cccc(C(C)C)c1[N]=[W]=[CH]C(C)(C)C.Cc1c(Br)cc2c(c1-c1c(O)c(Br)cc3c1CCCC3)CCCC2.Cc1c(Br)cc2c(c1-c1c(O)c(Br)cc3c1CCCC3)CCCC2.Cc1ccc(C)[n-]1.Cc1ccc(C)[n-]1.OC1(c2ccccc2)c2ccccc2-c2ccccc21.c1cc[n-]c1. The minimum absolute atomic E-state index is 0.238. The Morgan fingerprint density at radius 2 is 0.621 bits per heavy atom. The number of phenols is 2. The molecular weight excluding hydrogens is 2540 g/mol. The third kappa shape index (κ3) is 32.1. The van der Waals surface area contributed by atoms with Crippen molar-refractivity contribution in [2.75, 3.05) is 0 Å². The molecule has 0 aliphatic heterocycles. The van der Waals surface area contributed by atoms with Gasteiger partial charge in [0.05, 0.1) is 8.95 Å². The Bertz CT molecular complexity index is 5980. The van der Waals surface area contributed by atoms with E-state index >= 15 is 0 Å². The number of nitrogens with zero attached hydrogens (tertiary/aromatic N) is 6. The van der Waals surface area contributed by atoms with Crippen LogP contribution in [0.4, 0.5) is 17.1 Å². The van der Waals surface area contributed by atoms with Crippen LogP contribution in [0, 0.1) is 57.8 Å². The molecular formula is C122H145Br4Cl2N6O3W3-3. The minimum Gasteiger partial charge on any atom is -0.670 e. The van der Waals surface area contributed by atoms with Crippen molar-refractivity contribution >= 4 is 117 Å². The molecule has 0 spiro atoms. The van der Waals surface area contributed by atoms with Gasteiger partial charge in [-0.3, -0.25) is 0 Å². The first-order valence-electron chi connectivity index (χ1n) is 49.5. The van der Waals surface area contributed by atoms with Crippen LogP contribution in [-0.4, -0.2) is 28.5 Å². The molecule has 13 aromatic rings. The smallest absolute Gasteiger partial charge is 0.141 e. The van der Waals surface area contributed by atoms with Gasteiger partial charge in [-0.05, 0) is 256 Å². The first-order chi connectivity index (χ1) is 66.4. The first-order valence-corrected chi connectivity index (χ1v) is 62.5. The Morgan fingerprint density at radius 1 is 0.343 bits per heavy atom. The average Bonchev–Trinajstić information content (AvgIpc) is 1.60. The van der Waals surface area contributed by atoms with E-state index in [0.29, 0.717) is 56.0 Å². The number of phenolic OH excluding ortho intramolecular Hbond substituents is 2. The van der Waals surface area contributed by atoms with Gasteiger partial charge in [0, 0.05) is 31.2 Å². The van der Waals surface area contributed by atoms with Gasteiger partial charge in [0.2, 0.25) is 0 Å². The van der Waals surface area contributed by atoms with Crippen molar-refractivity contribution in [3.63, 3.8) is 0 Å². The van der Waals surface area contributed by atoms with E-state index < -0.39 is 59.4 Å². The van der Waals surface area contributed by atoms with E-state index in [4.69, 9.17) is 30.2 Å². The second-order valence-electron chi connectivity index (χ2n) is 41.5. The zero-order valence-electron chi connectivity index (χ0n) is 86.5. The molecule has 3 heterocycles. The van der Waals surface area contributed by atoms with Crippen LogP contribution in [0.3, 0.4) is 0 Å². The van der Waals surface area contributed by atoms with Gasteiger partial charge in [-0.15, -0.1) is 0 Å². The molecule has 744 valence electrons. The van der Waals surface area contributed by atoms with Gasteiger partial charge in [-0.1, -0.05) is 175 Å². The molecule has 18 heteroatoms. The molecule has 0 amide bonds. The largest absolute Gasteiger partial charge is 0.670 e. The van der Waals surface area contributed by atoms with Crippen LogP contribution in [0.2, 0.25) is 10.0 Å². The van der Waals surface area contributed by atoms with E-state index in [0.717, 1.165) is 128 Å². The van der Waals surface area contributed by atoms with Crippen LogP contribution >= 0.6 is 86.9 Å². The van der Waals surface area contributed by atoms with Gasteiger partial charge in [-0.2, -0.15) is 35.2 Å². The summed E-state index contributed by atoms with van der Waals surface area (Å²) in [5.41, 5.74) is 37.0. The van der Waals surface area contributed by atoms with Crippen molar-refractivity contribution in [2.45, 2.75) is 291 Å². The Kier molecular flexibility index (Phi) is 44.4. The summed E-state index contributed by atoms with van der Waals surface area (Å²) in [6, 6.07) is 65.6. The summed E-state index contributed by atoms with van der Waals surface area (Å²) < 4.78 is 25.8. The number of halogens is 6. The van der Waals surface area contributed by atoms with E-state index in [-0.39, 0.29) is 5.41 Å². The molecule has 5 aliphatic carbocycles. The molecule has 0 atom stereocenters. The van der Waals surface area contributed by atoms with Gasteiger partial charge in [0.1, 0.15) is 17.1 Å². The number of aliphatic hydroxyl groups is 1. The Balaban J connectivity index is 0.000000167. The molecule has 0 saturated carbocycles. The number of hydrogen-bond acceptors (Lipinski definition) is 6. The monoisotopic (exact) mass is 2680 g/mol. The summed E-state index contributed by atoms with van der Waals surface area (Å²) in [5.74, 6) is 3.03. The molecule has 0 saturated heterocycles. The number of hydrogen-bond donors (Lipinski definition) is 3. The van der Waals surface area contributed by atoms with Crippen molar-refractivity contribution in [1.82, 2.24) is 15.0 Å². The third-order valence-corrected chi connectivity index (χ3v) is 40.4. The summed E-state index contributed by atoms with van der Waals surface area (Å²) in [5, 5.41) is 34.7. The van der Waals surface area contributed by atoms with Crippen molar-refractivity contribution < 1.29 is 69.1 Å². The van der Waals surface area contributed by atoms with Crippen LogP contribution in [0.1, 0.15) is 310 Å². The Hall–Kier alpha value is -6.83. The van der Waals surface area contributed by atoms with Gasteiger partial charge < -0.3 is 30.3 Å². The molecule has 9 nitrogen and oxygen atoms in total. The summed E-state index contributed by atoms with van der Waals surface area (Å²) in [6.45, 7) is 50.5. The van der Waals surface area contributed by atoms with Crippen LogP contribution in [0.15, 0.2) is 235 Å². The van der Waals surface area contributed by atoms with E-state index in [2.05, 4.69) is 300 Å². The Labute approximate surface area is 906 Å². The number of aromatic nitrogens is 3. The Morgan fingerprint density at radius 3 is 0.907 bits per heavy atom. The standard InChI is InChI=1S/2C21H22Br2O.C19H14O.2C12H17N.C6H3Cl2N.2C6H8N.3C5H10.C4H4N.3W/c2*1-12-17(22)10-13-6-2-4-8-15(13)19(12)20-16-9-5-3-7-14(16)11-18(23)21(20)24;20-19(14-8-2-1-3-9-14)17-12-6-4-10-15(17)16-11-5-7-13-18(16)19;2*1-8(2)10-6-5-7-11(9(3)4)12(10)13;7-4-2-1-3-5(8)6(4)9;2*1-5-3-4-6(2)7-5;3*1-5(2,3)4;1-2-4-5-3-1;;;/h2*10-11,24H,2-9H2,1H3;1-13,20H;2*5-9H,1-4H3;1-3H;2*3-4H,1-2H3;3*1H,2-4H3;1-4H;;;/q;;;;;;2*-1;;;;-1;;;. The molecule has 10 aromatic carbocycles. The maximum atomic E-state index is 11.5. The fourth-order valence-electron chi connectivity index (χ4n) is 18.1. The zero-order valence-corrected chi connectivity index (χ0v) is 103.